The van der Waals surface area contributed by atoms with E-state index in [2.05, 4.69) is 5.32 Å². The summed E-state index contributed by atoms with van der Waals surface area (Å²) in [6.07, 6.45) is 0. The molecule has 0 saturated heterocycles. The van der Waals surface area contributed by atoms with Crippen LogP contribution in [-0.4, -0.2) is 23.4 Å². The molecule has 130 valence electrons. The number of benzene rings is 2. The highest BCUT2D eigenvalue weighted by molar-refractivity contribution is 6.31. The summed E-state index contributed by atoms with van der Waals surface area (Å²) >= 11 is 5.96. The maximum absolute atomic E-state index is 12.0. The number of nitrogens with two attached hydrogens (primary N) is 1. The molecule has 0 unspecified atom stereocenters. The predicted molar refractivity (Wildman–Crippen MR) is 92.6 cm³/mol. The number of esters is 1. The quantitative estimate of drug-likeness (QED) is 0.364. The van der Waals surface area contributed by atoms with E-state index in [1.54, 1.807) is 25.1 Å². The number of ether oxygens (including phenoxy) is 1. The van der Waals surface area contributed by atoms with Crippen molar-refractivity contribution >= 4 is 40.5 Å². The van der Waals surface area contributed by atoms with Crippen molar-refractivity contribution < 1.29 is 19.2 Å². The molecule has 0 aromatic heterocycles. The molecule has 0 fully saturated rings. The minimum Gasteiger partial charge on any atom is -0.452 e. The van der Waals surface area contributed by atoms with E-state index in [1.165, 1.54) is 12.1 Å². The van der Waals surface area contributed by atoms with Crippen LogP contribution in [0.2, 0.25) is 5.02 Å². The number of nitrogens with zero attached hydrogens (tertiary/aromatic N) is 1. The number of hydrogen-bond donors (Lipinski definition) is 2. The Morgan fingerprint density at radius 1 is 1.32 bits per heavy atom. The summed E-state index contributed by atoms with van der Waals surface area (Å²) in [5.74, 6) is -1.51. The van der Waals surface area contributed by atoms with E-state index in [9.17, 15) is 19.7 Å². The lowest BCUT2D eigenvalue weighted by Crippen LogP contribution is -2.21. The van der Waals surface area contributed by atoms with Crippen LogP contribution < -0.4 is 11.1 Å². The summed E-state index contributed by atoms with van der Waals surface area (Å²) in [5.41, 5.74) is 6.31. The van der Waals surface area contributed by atoms with Gasteiger partial charge in [0.05, 0.1) is 10.5 Å². The summed E-state index contributed by atoms with van der Waals surface area (Å²) in [7, 11) is 0. The Morgan fingerprint density at radius 2 is 2.04 bits per heavy atom. The predicted octanol–water partition coefficient (Wildman–Crippen LogP) is 2.93. The van der Waals surface area contributed by atoms with Crippen molar-refractivity contribution in [1.82, 2.24) is 0 Å². The van der Waals surface area contributed by atoms with Crippen LogP contribution in [0.4, 0.5) is 17.1 Å². The minimum absolute atomic E-state index is 0.0155. The summed E-state index contributed by atoms with van der Waals surface area (Å²) in [4.78, 5) is 34.0. The number of nitro groups is 1. The van der Waals surface area contributed by atoms with Gasteiger partial charge in [0.25, 0.3) is 11.6 Å². The normalized spacial score (nSPS) is 10.2. The molecular weight excluding hydrogens is 350 g/mol. The van der Waals surface area contributed by atoms with Gasteiger partial charge in [0, 0.05) is 28.5 Å². The highest BCUT2D eigenvalue weighted by atomic mass is 35.5. The van der Waals surface area contributed by atoms with Gasteiger partial charge in [-0.2, -0.15) is 0 Å². The number of nitrogens with one attached hydrogen (secondary N) is 1. The molecule has 0 heterocycles. The third kappa shape index (κ3) is 4.45. The van der Waals surface area contributed by atoms with Gasteiger partial charge in [-0.05, 0) is 30.7 Å². The van der Waals surface area contributed by atoms with Gasteiger partial charge >= 0.3 is 5.97 Å². The van der Waals surface area contributed by atoms with Gasteiger partial charge in [0.1, 0.15) is 0 Å². The number of carbonyl (C=O) groups is 2. The second-order valence-electron chi connectivity index (χ2n) is 5.07. The Hall–Kier alpha value is -3.13. The summed E-state index contributed by atoms with van der Waals surface area (Å²) in [6.45, 7) is 1.15. The van der Waals surface area contributed by atoms with Gasteiger partial charge in [-0.3, -0.25) is 14.9 Å². The van der Waals surface area contributed by atoms with Crippen LogP contribution in [-0.2, 0) is 9.53 Å². The molecule has 0 spiro atoms. The second kappa shape index (κ2) is 7.63. The molecule has 0 aliphatic heterocycles. The molecule has 0 aliphatic rings. The first-order chi connectivity index (χ1) is 11.8. The van der Waals surface area contributed by atoms with Crippen molar-refractivity contribution in [2.45, 2.75) is 6.92 Å². The largest absolute Gasteiger partial charge is 0.452 e. The van der Waals surface area contributed by atoms with Crippen molar-refractivity contribution in [2.24, 2.45) is 0 Å². The zero-order valence-corrected chi connectivity index (χ0v) is 13.9. The molecule has 0 atom stereocenters. The van der Waals surface area contributed by atoms with E-state index in [-0.39, 0.29) is 16.9 Å². The SMILES string of the molecule is Cc1c(Cl)cccc1NC(=O)COC(=O)c1cc([N+](=O)[O-])ccc1N. The van der Waals surface area contributed by atoms with Crippen LogP contribution in [0.3, 0.4) is 0 Å². The molecule has 0 bridgehead atoms. The van der Waals surface area contributed by atoms with E-state index in [0.717, 1.165) is 6.07 Å². The van der Waals surface area contributed by atoms with Crippen LogP contribution in [0.5, 0.6) is 0 Å². The van der Waals surface area contributed by atoms with Crippen LogP contribution in [0.15, 0.2) is 36.4 Å². The molecule has 3 N–H and O–H groups in total. The standard InChI is InChI=1S/C16H14ClN3O5/c1-9-12(17)3-2-4-14(9)19-15(21)8-25-16(22)11-7-10(20(23)24)5-6-13(11)18/h2-7H,8,18H2,1H3,(H,19,21). The van der Waals surface area contributed by atoms with Gasteiger partial charge in [-0.15, -0.1) is 0 Å². The Labute approximate surface area is 147 Å². The fourth-order valence-electron chi connectivity index (χ4n) is 1.97. The van der Waals surface area contributed by atoms with Gasteiger partial charge in [0.15, 0.2) is 6.61 Å². The number of halogens is 1. The number of rotatable bonds is 5. The lowest BCUT2D eigenvalue weighted by atomic mass is 10.1. The minimum atomic E-state index is -0.931. The van der Waals surface area contributed by atoms with Crippen molar-refractivity contribution in [3.05, 3.63) is 62.7 Å². The maximum Gasteiger partial charge on any atom is 0.341 e. The Balaban J connectivity index is 2.02. The van der Waals surface area contributed by atoms with Gasteiger partial charge in [-0.25, -0.2) is 4.79 Å². The highest BCUT2D eigenvalue weighted by Crippen LogP contribution is 2.23. The van der Waals surface area contributed by atoms with E-state index in [0.29, 0.717) is 16.3 Å². The molecule has 2 rings (SSSR count). The van der Waals surface area contributed by atoms with E-state index < -0.39 is 23.4 Å². The number of nitrogen functional groups attached to an aromatic ring is 1. The molecule has 0 saturated carbocycles. The van der Waals surface area contributed by atoms with Crippen molar-refractivity contribution in [3.8, 4) is 0 Å². The molecule has 0 radical (unpaired) electrons. The van der Waals surface area contributed by atoms with Gasteiger partial charge < -0.3 is 15.8 Å². The molecular formula is C16H14ClN3O5. The summed E-state index contributed by atoms with van der Waals surface area (Å²) in [5, 5.41) is 13.8. The van der Waals surface area contributed by atoms with Crippen LogP contribution in [0.25, 0.3) is 0 Å². The number of amides is 1. The van der Waals surface area contributed by atoms with Crippen LogP contribution in [0, 0.1) is 17.0 Å². The molecule has 0 aliphatic carbocycles. The van der Waals surface area contributed by atoms with Crippen LogP contribution in [0.1, 0.15) is 15.9 Å². The maximum atomic E-state index is 12.0. The summed E-state index contributed by atoms with van der Waals surface area (Å²) in [6, 6.07) is 8.39. The number of carbonyl (C=O) groups excluding carboxylic acids is 2. The fourth-order valence-corrected chi connectivity index (χ4v) is 2.15. The number of non-ortho nitro benzene ring substituents is 1. The highest BCUT2D eigenvalue weighted by Gasteiger charge is 2.18. The van der Waals surface area contributed by atoms with Gasteiger partial charge in [-0.1, -0.05) is 17.7 Å². The number of nitro benzene ring substituents is 1. The fraction of sp³-hybridized carbons (Fsp3) is 0.125. The topological polar surface area (TPSA) is 125 Å². The molecule has 2 aromatic carbocycles. The Kier molecular flexibility index (Phi) is 5.56. The lowest BCUT2D eigenvalue weighted by molar-refractivity contribution is -0.384. The third-order valence-electron chi connectivity index (χ3n) is 3.34. The first-order valence-electron chi connectivity index (χ1n) is 7.05. The van der Waals surface area contributed by atoms with Crippen LogP contribution >= 0.6 is 11.6 Å². The second-order valence-corrected chi connectivity index (χ2v) is 5.47. The zero-order valence-electron chi connectivity index (χ0n) is 13.1. The Bertz CT molecular complexity index is 854. The number of hydrogen-bond acceptors (Lipinski definition) is 6. The molecule has 8 nitrogen and oxygen atoms in total. The zero-order chi connectivity index (χ0) is 18.6. The lowest BCUT2D eigenvalue weighted by Gasteiger charge is -2.10. The first kappa shape index (κ1) is 18.2. The van der Waals surface area contributed by atoms with Crippen molar-refractivity contribution in [3.63, 3.8) is 0 Å². The Morgan fingerprint density at radius 3 is 2.72 bits per heavy atom. The average molecular weight is 364 g/mol. The van der Waals surface area contributed by atoms with Gasteiger partial charge in [0.2, 0.25) is 0 Å². The molecule has 1 amide bonds. The van der Waals surface area contributed by atoms with E-state index in [4.69, 9.17) is 22.1 Å². The molecule has 9 heteroatoms. The van der Waals surface area contributed by atoms with Crippen molar-refractivity contribution in [1.29, 1.82) is 0 Å². The average Bonchev–Trinajstić information content (AvgIpc) is 2.57. The smallest absolute Gasteiger partial charge is 0.341 e. The van der Waals surface area contributed by atoms with Crippen molar-refractivity contribution in [2.75, 3.05) is 17.7 Å². The van der Waals surface area contributed by atoms with E-state index in [1.807, 2.05) is 0 Å². The van der Waals surface area contributed by atoms with E-state index >= 15 is 0 Å². The monoisotopic (exact) mass is 363 g/mol. The number of anilines is 2. The summed E-state index contributed by atoms with van der Waals surface area (Å²) < 4.78 is 4.86. The third-order valence-corrected chi connectivity index (χ3v) is 3.75. The molecule has 25 heavy (non-hydrogen) atoms. The first-order valence-corrected chi connectivity index (χ1v) is 7.43. The molecule has 2 aromatic rings.